The average Bonchev–Trinajstić information content (AvgIpc) is 2.31. The predicted octanol–water partition coefficient (Wildman–Crippen LogP) is 0.712. The molecule has 5 nitrogen and oxygen atoms in total. The van der Waals surface area contributed by atoms with E-state index in [1.54, 1.807) is 0 Å². The van der Waals surface area contributed by atoms with E-state index in [1.807, 2.05) is 0 Å². The summed E-state index contributed by atoms with van der Waals surface area (Å²) in [5.74, 6) is -3.83. The molecule has 0 fully saturated rings. The molecule has 16 heavy (non-hydrogen) atoms. The van der Waals surface area contributed by atoms with Crippen molar-refractivity contribution < 1.29 is 32.4 Å². The Labute approximate surface area is 87.4 Å². The molecule has 1 heterocycles. The second-order valence-corrected chi connectivity index (χ2v) is 2.88. The standard InChI is InChI=1S/C8H6F3NO4/c9-8(10,11)7(15)16-12-4-3-5(13)1-2-6(12)14/h3-4H,1-2H2. The molecule has 0 saturated carbocycles. The van der Waals surface area contributed by atoms with Crippen LogP contribution in [0.5, 0.6) is 0 Å². The molecule has 0 aliphatic carbocycles. The molecule has 1 aliphatic heterocycles. The molecule has 0 radical (unpaired) electrons. The number of hydrogen-bond acceptors (Lipinski definition) is 4. The Kier molecular flexibility index (Phi) is 3.31. The lowest BCUT2D eigenvalue weighted by atomic mass is 10.2. The highest BCUT2D eigenvalue weighted by Gasteiger charge is 2.43. The van der Waals surface area contributed by atoms with E-state index in [0.29, 0.717) is 6.20 Å². The molecule has 0 atom stereocenters. The van der Waals surface area contributed by atoms with Crippen molar-refractivity contribution in [3.63, 3.8) is 0 Å². The normalized spacial score (nSPS) is 17.3. The molecule has 0 N–H and O–H groups in total. The van der Waals surface area contributed by atoms with Crippen LogP contribution in [-0.2, 0) is 19.2 Å². The van der Waals surface area contributed by atoms with Crippen LogP contribution in [-0.4, -0.2) is 28.9 Å². The number of allylic oxidation sites excluding steroid dienone is 1. The lowest BCUT2D eigenvalue weighted by Gasteiger charge is -2.16. The van der Waals surface area contributed by atoms with Crippen LogP contribution in [0.4, 0.5) is 13.2 Å². The van der Waals surface area contributed by atoms with Crippen molar-refractivity contribution in [2.75, 3.05) is 0 Å². The van der Waals surface area contributed by atoms with Crippen LogP contribution in [0.2, 0.25) is 0 Å². The third kappa shape index (κ3) is 3.07. The highest BCUT2D eigenvalue weighted by atomic mass is 19.4. The van der Waals surface area contributed by atoms with E-state index in [4.69, 9.17) is 0 Å². The van der Waals surface area contributed by atoms with Crippen LogP contribution in [0.25, 0.3) is 0 Å². The molecule has 0 bridgehead atoms. The Morgan fingerprint density at radius 1 is 1.31 bits per heavy atom. The Morgan fingerprint density at radius 3 is 2.50 bits per heavy atom. The molecule has 0 unspecified atom stereocenters. The summed E-state index contributed by atoms with van der Waals surface area (Å²) in [6.07, 6.45) is -4.06. The Balaban J connectivity index is 2.72. The van der Waals surface area contributed by atoms with Gasteiger partial charge in [0.15, 0.2) is 5.78 Å². The topological polar surface area (TPSA) is 63.7 Å². The second kappa shape index (κ2) is 4.33. The van der Waals surface area contributed by atoms with Crippen molar-refractivity contribution >= 4 is 17.7 Å². The Hall–Kier alpha value is -1.86. The molecule has 1 rings (SSSR count). The maximum absolute atomic E-state index is 11.8. The molecular formula is C8H6F3NO4. The van der Waals surface area contributed by atoms with Crippen LogP contribution in [0.15, 0.2) is 12.3 Å². The van der Waals surface area contributed by atoms with Crippen LogP contribution >= 0.6 is 0 Å². The van der Waals surface area contributed by atoms with Gasteiger partial charge in [0, 0.05) is 18.9 Å². The van der Waals surface area contributed by atoms with Gasteiger partial charge in [0.2, 0.25) is 0 Å². The molecule has 0 saturated heterocycles. The van der Waals surface area contributed by atoms with Crippen molar-refractivity contribution in [3.8, 4) is 0 Å². The van der Waals surface area contributed by atoms with Crippen LogP contribution in [0.3, 0.4) is 0 Å². The SMILES string of the molecule is O=C1C=CN(OC(=O)C(F)(F)F)C(=O)CC1. The number of hydroxylamine groups is 2. The van der Waals surface area contributed by atoms with Gasteiger partial charge in [-0.1, -0.05) is 0 Å². The van der Waals surface area contributed by atoms with E-state index in [0.717, 1.165) is 6.08 Å². The fourth-order valence-electron chi connectivity index (χ4n) is 0.880. The van der Waals surface area contributed by atoms with Crippen LogP contribution in [0.1, 0.15) is 12.8 Å². The summed E-state index contributed by atoms with van der Waals surface area (Å²) in [5.41, 5.74) is 0. The van der Waals surface area contributed by atoms with Crippen molar-refractivity contribution in [1.82, 2.24) is 5.06 Å². The predicted molar refractivity (Wildman–Crippen MR) is 42.4 cm³/mol. The quantitative estimate of drug-likeness (QED) is 0.673. The van der Waals surface area contributed by atoms with Gasteiger partial charge in [0.1, 0.15) is 0 Å². The fourth-order valence-corrected chi connectivity index (χ4v) is 0.880. The number of carbonyl (C=O) groups excluding carboxylic acids is 3. The van der Waals surface area contributed by atoms with Gasteiger partial charge in [-0.2, -0.15) is 13.2 Å². The number of hydrogen-bond donors (Lipinski definition) is 0. The number of ketones is 1. The first-order chi connectivity index (χ1) is 7.30. The summed E-state index contributed by atoms with van der Waals surface area (Å²) in [6, 6.07) is 0. The summed E-state index contributed by atoms with van der Waals surface area (Å²) < 4.78 is 35.4. The van der Waals surface area contributed by atoms with Gasteiger partial charge in [-0.3, -0.25) is 9.59 Å². The van der Waals surface area contributed by atoms with E-state index in [2.05, 4.69) is 4.84 Å². The molecule has 88 valence electrons. The van der Waals surface area contributed by atoms with Gasteiger partial charge in [-0.05, 0) is 0 Å². The van der Waals surface area contributed by atoms with Gasteiger partial charge < -0.3 is 4.84 Å². The number of alkyl halides is 3. The van der Waals surface area contributed by atoms with Crippen molar-refractivity contribution in [2.45, 2.75) is 19.0 Å². The minimum absolute atomic E-state index is 0.112. The van der Waals surface area contributed by atoms with Crippen LogP contribution < -0.4 is 0 Å². The number of nitrogens with zero attached hydrogens (tertiary/aromatic N) is 1. The molecule has 1 aliphatic rings. The van der Waals surface area contributed by atoms with Gasteiger partial charge in [0.25, 0.3) is 5.91 Å². The largest absolute Gasteiger partial charge is 0.493 e. The van der Waals surface area contributed by atoms with Gasteiger partial charge in [-0.15, -0.1) is 5.06 Å². The first-order valence-electron chi connectivity index (χ1n) is 4.13. The Bertz CT molecular complexity index is 361. The second-order valence-electron chi connectivity index (χ2n) is 2.88. The molecule has 0 spiro atoms. The lowest BCUT2D eigenvalue weighted by Crippen LogP contribution is -2.35. The minimum Gasteiger partial charge on any atom is -0.325 e. The minimum atomic E-state index is -5.19. The Morgan fingerprint density at radius 2 is 1.94 bits per heavy atom. The number of rotatable bonds is 1. The van der Waals surface area contributed by atoms with Gasteiger partial charge in [-0.25, -0.2) is 4.79 Å². The number of halogens is 3. The molecule has 0 aromatic carbocycles. The zero-order chi connectivity index (χ0) is 12.3. The van der Waals surface area contributed by atoms with Crippen molar-refractivity contribution in [1.29, 1.82) is 0 Å². The highest BCUT2D eigenvalue weighted by Crippen LogP contribution is 2.18. The highest BCUT2D eigenvalue weighted by molar-refractivity contribution is 5.95. The third-order valence-electron chi connectivity index (χ3n) is 1.64. The third-order valence-corrected chi connectivity index (χ3v) is 1.64. The van der Waals surface area contributed by atoms with E-state index < -0.39 is 23.8 Å². The monoisotopic (exact) mass is 237 g/mol. The molecule has 0 aromatic heterocycles. The number of amides is 1. The first-order valence-corrected chi connectivity index (χ1v) is 4.13. The van der Waals surface area contributed by atoms with E-state index in [1.165, 1.54) is 0 Å². The summed E-state index contributed by atoms with van der Waals surface area (Å²) in [6.45, 7) is 0. The smallest absolute Gasteiger partial charge is 0.325 e. The molecule has 8 heteroatoms. The number of carbonyl (C=O) groups is 3. The maximum Gasteiger partial charge on any atom is 0.493 e. The zero-order valence-electron chi connectivity index (χ0n) is 7.78. The summed E-state index contributed by atoms with van der Waals surface area (Å²) in [5, 5.41) is 0.112. The first kappa shape index (κ1) is 12.2. The average molecular weight is 237 g/mol. The van der Waals surface area contributed by atoms with E-state index >= 15 is 0 Å². The van der Waals surface area contributed by atoms with Crippen LogP contribution in [0, 0.1) is 0 Å². The molecule has 1 amide bonds. The summed E-state index contributed by atoms with van der Waals surface area (Å²) >= 11 is 0. The zero-order valence-corrected chi connectivity index (χ0v) is 7.78. The molecule has 0 aromatic rings. The fraction of sp³-hybridized carbons (Fsp3) is 0.375. The summed E-state index contributed by atoms with van der Waals surface area (Å²) in [4.78, 5) is 36.1. The lowest BCUT2D eigenvalue weighted by molar-refractivity contribution is -0.229. The van der Waals surface area contributed by atoms with Crippen molar-refractivity contribution in [3.05, 3.63) is 12.3 Å². The molecular weight excluding hydrogens is 231 g/mol. The maximum atomic E-state index is 11.8. The summed E-state index contributed by atoms with van der Waals surface area (Å²) in [7, 11) is 0. The van der Waals surface area contributed by atoms with E-state index in [9.17, 15) is 27.6 Å². The van der Waals surface area contributed by atoms with Crippen molar-refractivity contribution in [2.24, 2.45) is 0 Å². The van der Waals surface area contributed by atoms with E-state index in [-0.39, 0.29) is 17.9 Å². The van der Waals surface area contributed by atoms with Gasteiger partial charge >= 0.3 is 12.1 Å². The van der Waals surface area contributed by atoms with Gasteiger partial charge in [0.05, 0.1) is 6.20 Å².